The molecule has 0 fully saturated rings. The molecule has 5 heteroatoms. The van der Waals surface area contributed by atoms with Crippen LogP contribution in [0.2, 0.25) is 0 Å². The molecule has 124 valence electrons. The highest BCUT2D eigenvalue weighted by atomic mass is 16.5. The van der Waals surface area contributed by atoms with Gasteiger partial charge in [0, 0.05) is 28.7 Å². The monoisotopic (exact) mass is 325 g/mol. The molecule has 0 saturated carbocycles. The number of hydrogen-bond donors (Lipinski definition) is 2. The van der Waals surface area contributed by atoms with Gasteiger partial charge in [-0.15, -0.1) is 0 Å². The highest BCUT2D eigenvalue weighted by Crippen LogP contribution is 2.36. The van der Waals surface area contributed by atoms with Crippen molar-refractivity contribution in [3.05, 3.63) is 65.9 Å². The van der Waals surface area contributed by atoms with E-state index < -0.39 is 11.6 Å². The summed E-state index contributed by atoms with van der Waals surface area (Å²) in [5.41, 5.74) is -0.211. The number of aromatic amines is 1. The van der Waals surface area contributed by atoms with E-state index in [-0.39, 0.29) is 6.61 Å². The molecule has 3 rings (SSSR count). The first-order chi connectivity index (χ1) is 11.6. The molecular formula is C19H19NO4. The van der Waals surface area contributed by atoms with Gasteiger partial charge in [-0.2, -0.15) is 0 Å². The van der Waals surface area contributed by atoms with E-state index in [1.807, 2.05) is 18.2 Å². The molecule has 0 radical (unpaired) electrons. The second-order valence-corrected chi connectivity index (χ2v) is 5.41. The number of ether oxygens (including phenoxy) is 2. The summed E-state index contributed by atoms with van der Waals surface area (Å²) in [6.45, 7) is 1.90. The van der Waals surface area contributed by atoms with Crippen molar-refractivity contribution in [1.82, 2.24) is 4.98 Å². The van der Waals surface area contributed by atoms with E-state index >= 15 is 0 Å². The Balaban J connectivity index is 2.21. The van der Waals surface area contributed by atoms with E-state index in [1.54, 1.807) is 50.6 Å². The minimum Gasteiger partial charge on any atom is -0.497 e. The highest BCUT2D eigenvalue weighted by molar-refractivity contribution is 5.94. The summed E-state index contributed by atoms with van der Waals surface area (Å²) in [5, 5.41) is 12.1. The van der Waals surface area contributed by atoms with Gasteiger partial charge in [0.2, 0.25) is 5.60 Å². The molecule has 2 aromatic carbocycles. The van der Waals surface area contributed by atoms with E-state index in [4.69, 9.17) is 9.47 Å². The minimum atomic E-state index is -1.88. The maximum Gasteiger partial charge on any atom is 0.347 e. The Morgan fingerprint density at radius 3 is 2.62 bits per heavy atom. The van der Waals surface area contributed by atoms with Crippen LogP contribution >= 0.6 is 0 Å². The number of esters is 1. The molecule has 0 saturated heterocycles. The number of aliphatic hydroxyl groups is 1. The second kappa shape index (κ2) is 6.37. The van der Waals surface area contributed by atoms with Crippen molar-refractivity contribution in [3.63, 3.8) is 0 Å². The molecule has 3 aromatic rings. The summed E-state index contributed by atoms with van der Waals surface area (Å²) in [6, 6.07) is 14.2. The molecular weight excluding hydrogens is 306 g/mol. The lowest BCUT2D eigenvalue weighted by Gasteiger charge is -2.26. The Morgan fingerprint density at radius 2 is 1.96 bits per heavy atom. The van der Waals surface area contributed by atoms with Crippen molar-refractivity contribution >= 4 is 16.9 Å². The van der Waals surface area contributed by atoms with Crippen molar-refractivity contribution in [2.24, 2.45) is 0 Å². The number of hydrogen-bond acceptors (Lipinski definition) is 4. The van der Waals surface area contributed by atoms with Crippen LogP contribution in [0.3, 0.4) is 0 Å². The molecule has 0 amide bonds. The number of H-pyrrole nitrogens is 1. The minimum absolute atomic E-state index is 0.185. The largest absolute Gasteiger partial charge is 0.497 e. The number of nitrogens with one attached hydrogen (secondary N) is 1. The van der Waals surface area contributed by atoms with Gasteiger partial charge in [-0.25, -0.2) is 4.79 Å². The Hall–Kier alpha value is -2.79. The van der Waals surface area contributed by atoms with Gasteiger partial charge in [0.05, 0.1) is 13.7 Å². The van der Waals surface area contributed by atoms with Crippen molar-refractivity contribution in [3.8, 4) is 5.75 Å². The standard InChI is InChI=1S/C19H19NO4/c1-3-24-18(21)19(22,13-7-5-4-6-8-13)16-12-20-17-11-14(23-2)9-10-15(16)17/h4-12,20,22H,3H2,1-2H3/t19-/m0/s1. The number of benzene rings is 2. The zero-order valence-corrected chi connectivity index (χ0v) is 13.6. The number of rotatable bonds is 5. The zero-order chi connectivity index (χ0) is 17.2. The number of methoxy groups -OCH3 is 1. The summed E-state index contributed by atoms with van der Waals surface area (Å²) >= 11 is 0. The van der Waals surface area contributed by atoms with Gasteiger partial charge in [-0.05, 0) is 24.6 Å². The van der Waals surface area contributed by atoms with Crippen molar-refractivity contribution in [2.45, 2.75) is 12.5 Å². The lowest BCUT2D eigenvalue weighted by Crippen LogP contribution is -2.38. The predicted molar refractivity (Wildman–Crippen MR) is 90.9 cm³/mol. The van der Waals surface area contributed by atoms with Crippen LogP contribution in [0.4, 0.5) is 0 Å². The molecule has 1 aromatic heterocycles. The summed E-state index contributed by atoms with van der Waals surface area (Å²) in [7, 11) is 1.59. The summed E-state index contributed by atoms with van der Waals surface area (Å²) in [5.74, 6) is -0.0109. The Morgan fingerprint density at radius 1 is 1.21 bits per heavy atom. The number of carbonyl (C=O) groups excluding carboxylic acids is 1. The molecule has 1 heterocycles. The van der Waals surface area contributed by atoms with Crippen molar-refractivity contribution < 1.29 is 19.4 Å². The first-order valence-electron chi connectivity index (χ1n) is 7.72. The third kappa shape index (κ3) is 2.53. The zero-order valence-electron chi connectivity index (χ0n) is 13.6. The predicted octanol–water partition coefficient (Wildman–Crippen LogP) is 2.98. The van der Waals surface area contributed by atoms with Gasteiger partial charge in [-0.3, -0.25) is 0 Å². The normalized spacial score (nSPS) is 13.5. The van der Waals surface area contributed by atoms with Gasteiger partial charge < -0.3 is 19.6 Å². The lowest BCUT2D eigenvalue weighted by atomic mass is 9.86. The van der Waals surface area contributed by atoms with Gasteiger partial charge >= 0.3 is 5.97 Å². The van der Waals surface area contributed by atoms with Gasteiger partial charge in [0.25, 0.3) is 0 Å². The van der Waals surface area contributed by atoms with Crippen LogP contribution in [0.1, 0.15) is 18.1 Å². The molecule has 0 unspecified atom stereocenters. The second-order valence-electron chi connectivity index (χ2n) is 5.41. The van der Waals surface area contributed by atoms with Crippen LogP contribution in [0, 0.1) is 0 Å². The Kier molecular flexibility index (Phi) is 4.27. The fourth-order valence-corrected chi connectivity index (χ4v) is 2.83. The fraction of sp³-hybridized carbons (Fsp3) is 0.211. The van der Waals surface area contributed by atoms with Crippen LogP contribution in [-0.4, -0.2) is 29.8 Å². The number of carbonyl (C=O) groups is 1. The molecule has 0 aliphatic rings. The number of fused-ring (bicyclic) bond motifs is 1. The van der Waals surface area contributed by atoms with Crippen molar-refractivity contribution in [2.75, 3.05) is 13.7 Å². The van der Waals surface area contributed by atoms with Crippen LogP contribution in [0.25, 0.3) is 10.9 Å². The Labute approximate surface area is 139 Å². The first kappa shape index (κ1) is 16.1. The van der Waals surface area contributed by atoms with E-state index in [2.05, 4.69) is 4.98 Å². The van der Waals surface area contributed by atoms with Gasteiger partial charge in [0.1, 0.15) is 5.75 Å². The molecule has 0 bridgehead atoms. The topological polar surface area (TPSA) is 71.5 Å². The maximum atomic E-state index is 12.6. The molecule has 0 aliphatic heterocycles. The van der Waals surface area contributed by atoms with E-state index in [0.29, 0.717) is 16.9 Å². The first-order valence-corrected chi connectivity index (χ1v) is 7.72. The van der Waals surface area contributed by atoms with Crippen molar-refractivity contribution in [1.29, 1.82) is 0 Å². The van der Waals surface area contributed by atoms with Crippen LogP contribution in [0.15, 0.2) is 54.7 Å². The molecule has 2 N–H and O–H groups in total. The third-order valence-electron chi connectivity index (χ3n) is 4.04. The smallest absolute Gasteiger partial charge is 0.347 e. The third-order valence-corrected chi connectivity index (χ3v) is 4.04. The number of aromatic nitrogens is 1. The highest BCUT2D eigenvalue weighted by Gasteiger charge is 2.43. The summed E-state index contributed by atoms with van der Waals surface area (Å²) < 4.78 is 10.4. The average Bonchev–Trinajstić information content (AvgIpc) is 3.05. The quantitative estimate of drug-likeness (QED) is 0.708. The molecule has 5 nitrogen and oxygen atoms in total. The fourth-order valence-electron chi connectivity index (χ4n) is 2.83. The SMILES string of the molecule is CCOC(=O)[C@](O)(c1ccccc1)c1c[nH]c2cc(OC)ccc12. The Bertz CT molecular complexity index is 856. The lowest BCUT2D eigenvalue weighted by molar-refractivity contribution is -0.161. The van der Waals surface area contributed by atoms with Crippen LogP contribution in [-0.2, 0) is 15.1 Å². The van der Waals surface area contributed by atoms with E-state index in [9.17, 15) is 9.90 Å². The van der Waals surface area contributed by atoms with Gasteiger partial charge in [-0.1, -0.05) is 30.3 Å². The van der Waals surface area contributed by atoms with E-state index in [1.165, 1.54) is 0 Å². The molecule has 0 spiro atoms. The molecule has 0 aliphatic carbocycles. The summed E-state index contributed by atoms with van der Waals surface area (Å²) in [4.78, 5) is 15.7. The average molecular weight is 325 g/mol. The molecule has 24 heavy (non-hydrogen) atoms. The van der Waals surface area contributed by atoms with E-state index in [0.717, 1.165) is 10.9 Å². The molecule has 1 atom stereocenters. The van der Waals surface area contributed by atoms with Gasteiger partial charge in [0.15, 0.2) is 0 Å². The van der Waals surface area contributed by atoms with Crippen LogP contribution < -0.4 is 4.74 Å². The van der Waals surface area contributed by atoms with Crippen LogP contribution in [0.5, 0.6) is 5.75 Å². The summed E-state index contributed by atoms with van der Waals surface area (Å²) in [6.07, 6.45) is 1.63. The maximum absolute atomic E-state index is 12.6.